The minimum atomic E-state index is -3.99. The van der Waals surface area contributed by atoms with Crippen molar-refractivity contribution in [2.24, 2.45) is 17.8 Å². The topological polar surface area (TPSA) is 129 Å². The lowest BCUT2D eigenvalue weighted by atomic mass is 9.62. The molecule has 1 aliphatic carbocycles. The molecule has 0 spiro atoms. The van der Waals surface area contributed by atoms with Crippen molar-refractivity contribution in [3.63, 3.8) is 0 Å². The fourth-order valence-electron chi connectivity index (χ4n) is 8.51. The van der Waals surface area contributed by atoms with Crippen molar-refractivity contribution in [2.75, 3.05) is 64.4 Å². The number of piperazine rings is 1. The summed E-state index contributed by atoms with van der Waals surface area (Å²) in [5.74, 6) is -0.0732. The lowest BCUT2D eigenvalue weighted by Crippen LogP contribution is -2.59. The molecule has 3 heterocycles. The van der Waals surface area contributed by atoms with E-state index in [4.69, 9.17) is 21.1 Å². The number of fused-ring (bicyclic) bond motifs is 3. The summed E-state index contributed by atoms with van der Waals surface area (Å²) in [5, 5.41) is 12.6. The first kappa shape index (κ1) is 38.8. The number of anilines is 1. The molecule has 1 saturated carbocycles. The number of aryl methyl sites for hydroxylation is 1. The molecule has 2 bridgehead atoms. The molecule has 0 radical (unpaired) electrons. The summed E-state index contributed by atoms with van der Waals surface area (Å²) in [4.78, 5) is 32.8. The SMILES string of the molecule is COCCN1CCN(CC2(O)CCC[C@H](C)[C@@H](C)S(=O)(=O)NC(=O)c3ccc4c(c3)N(CCCCc3cc(Cl)ccc3CO4)C[C@@H]3CC[C@H]32)CC1=O. The molecule has 2 N–H and O–H groups in total. The van der Waals surface area contributed by atoms with Crippen molar-refractivity contribution in [3.05, 3.63) is 58.1 Å². The minimum absolute atomic E-state index is 0.000999. The number of benzene rings is 2. The number of rotatable bonds is 5. The van der Waals surface area contributed by atoms with E-state index in [1.807, 2.05) is 30.0 Å². The van der Waals surface area contributed by atoms with Gasteiger partial charge in [-0.2, -0.15) is 0 Å². The minimum Gasteiger partial charge on any atom is -0.487 e. The summed E-state index contributed by atoms with van der Waals surface area (Å²) < 4.78 is 41.1. The Labute approximate surface area is 314 Å². The highest BCUT2D eigenvalue weighted by atomic mass is 35.5. The number of sulfonamides is 1. The fourth-order valence-corrected chi connectivity index (χ4v) is 10.0. The van der Waals surface area contributed by atoms with Crippen molar-refractivity contribution >= 4 is 39.1 Å². The Balaban J connectivity index is 1.33. The average Bonchev–Trinajstić information content (AvgIpc) is 3.11. The molecule has 286 valence electrons. The quantitative estimate of drug-likeness (QED) is 0.439. The van der Waals surface area contributed by atoms with E-state index in [9.17, 15) is 23.1 Å². The van der Waals surface area contributed by atoms with Crippen LogP contribution in [0.1, 0.15) is 80.3 Å². The fraction of sp³-hybridized carbons (Fsp3) is 0.641. The largest absolute Gasteiger partial charge is 0.487 e. The van der Waals surface area contributed by atoms with Gasteiger partial charge in [0.2, 0.25) is 15.9 Å². The number of aliphatic hydroxyl groups is 1. The van der Waals surface area contributed by atoms with Gasteiger partial charge in [-0.3, -0.25) is 14.5 Å². The highest BCUT2D eigenvalue weighted by Crippen LogP contribution is 2.46. The molecule has 11 nitrogen and oxygen atoms in total. The van der Waals surface area contributed by atoms with E-state index in [2.05, 4.69) is 14.5 Å². The highest BCUT2D eigenvalue weighted by Gasteiger charge is 2.48. The number of amides is 2. The Morgan fingerprint density at radius 2 is 1.85 bits per heavy atom. The molecule has 1 unspecified atom stereocenters. The van der Waals surface area contributed by atoms with E-state index in [0.29, 0.717) is 82.5 Å². The maximum Gasteiger partial charge on any atom is 0.264 e. The zero-order valence-electron chi connectivity index (χ0n) is 30.8. The molecular weight excluding hydrogens is 704 g/mol. The lowest BCUT2D eigenvalue weighted by molar-refractivity contribution is -0.142. The summed E-state index contributed by atoms with van der Waals surface area (Å²) in [6.07, 6.45) is 6.20. The van der Waals surface area contributed by atoms with Crippen LogP contribution in [0.15, 0.2) is 36.4 Å². The average molecular weight is 759 g/mol. The number of β-amino-alcohol motifs (C(OH)–C–C–N with tert-alkyl or cyclic N) is 1. The van der Waals surface area contributed by atoms with E-state index in [0.717, 1.165) is 48.9 Å². The number of hydrogen-bond acceptors (Lipinski definition) is 9. The van der Waals surface area contributed by atoms with Gasteiger partial charge in [0.15, 0.2) is 0 Å². The third-order valence-corrected chi connectivity index (χ3v) is 14.2. The first-order valence-corrected chi connectivity index (χ1v) is 20.9. The molecule has 52 heavy (non-hydrogen) atoms. The van der Waals surface area contributed by atoms with Crippen LogP contribution in [-0.2, 0) is 32.6 Å². The van der Waals surface area contributed by atoms with E-state index in [-0.39, 0.29) is 35.8 Å². The highest BCUT2D eigenvalue weighted by molar-refractivity contribution is 7.90. The standard InChI is InChI=1S/C39H55ClN4O7S/c1-27-7-6-15-39(47,26-42-17-18-43(19-20-50-3)37(45)24-42)34-13-10-31(34)23-44-16-5-4-8-29-21-33(40)12-9-32(29)25-51-36-14-11-30(22-35(36)44)38(46)41-52(48,49)28(27)2/h9,11-12,14,21-22,27-28,31,34,47H,4-8,10,13,15-20,23-26H2,1-3H3,(H,41,46)/t27-,28+,31-,34+,39?/m0/s1. The molecule has 3 aliphatic heterocycles. The molecule has 1 saturated heterocycles. The van der Waals surface area contributed by atoms with Crippen molar-refractivity contribution < 1.29 is 32.6 Å². The number of halogens is 1. The van der Waals surface area contributed by atoms with Crippen LogP contribution in [0.4, 0.5) is 5.69 Å². The molecular formula is C39H55ClN4O7S. The van der Waals surface area contributed by atoms with Gasteiger partial charge in [-0.15, -0.1) is 0 Å². The molecule has 2 aromatic rings. The normalized spacial score (nSPS) is 29.1. The summed E-state index contributed by atoms with van der Waals surface area (Å²) in [5.41, 5.74) is 2.14. The van der Waals surface area contributed by atoms with E-state index >= 15 is 0 Å². The van der Waals surface area contributed by atoms with Crippen molar-refractivity contribution in [1.82, 2.24) is 14.5 Å². The van der Waals surface area contributed by atoms with Gasteiger partial charge in [0.25, 0.3) is 5.91 Å². The molecule has 6 rings (SSSR count). The van der Waals surface area contributed by atoms with Crippen LogP contribution in [0.3, 0.4) is 0 Å². The van der Waals surface area contributed by atoms with Crippen LogP contribution in [0, 0.1) is 17.8 Å². The summed E-state index contributed by atoms with van der Waals surface area (Å²) >= 11 is 6.37. The third kappa shape index (κ3) is 8.89. The number of carbonyl (C=O) groups excluding carboxylic acids is 2. The number of methoxy groups -OCH3 is 1. The number of nitrogens with one attached hydrogen (secondary N) is 1. The third-order valence-electron chi connectivity index (χ3n) is 12.1. The predicted octanol–water partition coefficient (Wildman–Crippen LogP) is 4.88. The number of carbonyl (C=O) groups is 2. The molecule has 2 aromatic carbocycles. The van der Waals surface area contributed by atoms with Crippen molar-refractivity contribution in [3.8, 4) is 5.75 Å². The van der Waals surface area contributed by atoms with Crippen LogP contribution in [-0.4, -0.2) is 106 Å². The molecule has 13 heteroatoms. The second-order valence-corrected chi connectivity index (χ2v) is 17.9. The Hall–Kier alpha value is -2.90. The molecule has 2 amide bonds. The molecule has 5 atom stereocenters. The van der Waals surface area contributed by atoms with Crippen LogP contribution >= 0.6 is 11.6 Å². The van der Waals surface area contributed by atoms with Gasteiger partial charge in [-0.1, -0.05) is 31.0 Å². The monoisotopic (exact) mass is 758 g/mol. The van der Waals surface area contributed by atoms with Crippen molar-refractivity contribution in [1.29, 1.82) is 0 Å². The maximum atomic E-state index is 13.6. The summed E-state index contributed by atoms with van der Waals surface area (Å²) in [7, 11) is -2.36. The van der Waals surface area contributed by atoms with E-state index in [1.165, 1.54) is 0 Å². The van der Waals surface area contributed by atoms with Gasteiger partial charge in [0, 0.05) is 57.0 Å². The second kappa shape index (κ2) is 16.6. The zero-order valence-corrected chi connectivity index (χ0v) is 32.4. The Morgan fingerprint density at radius 3 is 2.60 bits per heavy atom. The molecule has 2 fully saturated rings. The zero-order chi connectivity index (χ0) is 37.0. The Morgan fingerprint density at radius 1 is 1.02 bits per heavy atom. The van der Waals surface area contributed by atoms with Gasteiger partial charge in [0.1, 0.15) is 12.4 Å². The van der Waals surface area contributed by atoms with E-state index in [1.54, 1.807) is 32.2 Å². The maximum absolute atomic E-state index is 13.6. The number of hydrogen-bond donors (Lipinski definition) is 2. The summed E-state index contributed by atoms with van der Waals surface area (Å²) in [6, 6.07) is 11.0. The Kier molecular flexibility index (Phi) is 12.4. The van der Waals surface area contributed by atoms with Crippen LogP contribution < -0.4 is 14.4 Å². The van der Waals surface area contributed by atoms with Gasteiger partial charge in [-0.05, 0) is 111 Å². The number of ether oxygens (including phenoxy) is 2. The smallest absolute Gasteiger partial charge is 0.264 e. The van der Waals surface area contributed by atoms with Crippen LogP contribution in [0.2, 0.25) is 5.02 Å². The molecule has 0 aromatic heterocycles. The first-order valence-electron chi connectivity index (χ1n) is 18.9. The van der Waals surface area contributed by atoms with Gasteiger partial charge < -0.3 is 24.4 Å². The second-order valence-electron chi connectivity index (χ2n) is 15.5. The van der Waals surface area contributed by atoms with Gasteiger partial charge in [-0.25, -0.2) is 13.1 Å². The summed E-state index contributed by atoms with van der Waals surface area (Å²) in [6.45, 7) is 8.16. The molecule has 4 aliphatic rings. The van der Waals surface area contributed by atoms with Gasteiger partial charge >= 0.3 is 0 Å². The first-order chi connectivity index (χ1) is 24.9. The predicted molar refractivity (Wildman–Crippen MR) is 202 cm³/mol. The van der Waals surface area contributed by atoms with Crippen LogP contribution in [0.25, 0.3) is 0 Å². The Bertz CT molecular complexity index is 1710. The van der Waals surface area contributed by atoms with E-state index < -0.39 is 26.8 Å². The van der Waals surface area contributed by atoms with Gasteiger partial charge in [0.05, 0.1) is 29.7 Å². The lowest BCUT2D eigenvalue weighted by Gasteiger charge is -2.51. The van der Waals surface area contributed by atoms with Crippen LogP contribution in [0.5, 0.6) is 5.75 Å². The van der Waals surface area contributed by atoms with Crippen molar-refractivity contribution in [2.45, 2.75) is 82.7 Å². The number of nitrogens with zero attached hydrogens (tertiary/aromatic N) is 3.